The van der Waals surface area contributed by atoms with E-state index in [2.05, 4.69) is 20.5 Å². The Hall–Kier alpha value is -1.63. The van der Waals surface area contributed by atoms with Crippen LogP contribution in [0.25, 0.3) is 0 Å². The molecule has 0 bridgehead atoms. The molecule has 0 saturated heterocycles. The number of nitrogen functional groups attached to an aromatic ring is 1. The van der Waals surface area contributed by atoms with Gasteiger partial charge < -0.3 is 5.73 Å². The molecule has 0 fully saturated rings. The van der Waals surface area contributed by atoms with Crippen molar-refractivity contribution in [1.29, 1.82) is 0 Å². The van der Waals surface area contributed by atoms with Crippen molar-refractivity contribution < 1.29 is 0 Å². The molecule has 15 heavy (non-hydrogen) atoms. The molecular weight excluding hydrogens is 212 g/mol. The van der Waals surface area contributed by atoms with E-state index in [0.717, 1.165) is 10.9 Å². The van der Waals surface area contributed by atoms with Gasteiger partial charge in [0.2, 0.25) is 5.16 Å². The topological polar surface area (TPSA) is 82.5 Å². The van der Waals surface area contributed by atoms with E-state index >= 15 is 0 Å². The lowest BCUT2D eigenvalue weighted by Crippen LogP contribution is -1.96. The van der Waals surface area contributed by atoms with Crippen molar-refractivity contribution in [2.75, 3.05) is 5.73 Å². The maximum atomic E-state index is 5.57. The molecule has 0 saturated carbocycles. The van der Waals surface area contributed by atoms with Gasteiger partial charge in [-0.05, 0) is 22.6 Å². The summed E-state index contributed by atoms with van der Waals surface area (Å²) in [6, 6.07) is 5.57. The number of pyridine rings is 1. The van der Waals surface area contributed by atoms with E-state index in [1.807, 2.05) is 12.1 Å². The summed E-state index contributed by atoms with van der Waals surface area (Å²) in [4.78, 5) is 4.18. The van der Waals surface area contributed by atoms with Gasteiger partial charge in [-0.2, -0.15) is 0 Å². The highest BCUT2D eigenvalue weighted by atomic mass is 32.2. The highest BCUT2D eigenvalue weighted by molar-refractivity contribution is 7.98. The lowest BCUT2D eigenvalue weighted by Gasteiger charge is -2.00. The van der Waals surface area contributed by atoms with Gasteiger partial charge in [-0.25, -0.2) is 9.67 Å². The Kier molecular flexibility index (Phi) is 2.82. The number of nitrogens with two attached hydrogens (primary N) is 1. The maximum absolute atomic E-state index is 5.57. The number of nitrogens with zero attached hydrogens (tertiary/aromatic N) is 5. The van der Waals surface area contributed by atoms with E-state index in [9.17, 15) is 0 Å². The molecule has 0 atom stereocenters. The van der Waals surface area contributed by atoms with Crippen LogP contribution in [0.3, 0.4) is 0 Å². The zero-order valence-electron chi connectivity index (χ0n) is 8.16. The molecule has 0 unspecified atom stereocenters. The molecule has 7 heteroatoms. The van der Waals surface area contributed by atoms with Crippen LogP contribution in [0.15, 0.2) is 23.4 Å². The summed E-state index contributed by atoms with van der Waals surface area (Å²) in [5, 5.41) is 11.9. The fourth-order valence-corrected chi connectivity index (χ4v) is 1.82. The van der Waals surface area contributed by atoms with Gasteiger partial charge in [0, 0.05) is 12.8 Å². The molecule has 6 nitrogen and oxygen atoms in total. The monoisotopic (exact) mass is 222 g/mol. The summed E-state index contributed by atoms with van der Waals surface area (Å²) in [5.41, 5.74) is 6.49. The molecule has 2 aromatic rings. The van der Waals surface area contributed by atoms with Gasteiger partial charge in [0.15, 0.2) is 0 Å². The van der Waals surface area contributed by atoms with E-state index in [0.29, 0.717) is 11.6 Å². The van der Waals surface area contributed by atoms with E-state index in [1.54, 1.807) is 17.8 Å². The first-order valence-electron chi connectivity index (χ1n) is 4.32. The molecule has 0 spiro atoms. The first-order valence-corrected chi connectivity index (χ1v) is 5.31. The molecule has 78 valence electrons. The van der Waals surface area contributed by atoms with Crippen molar-refractivity contribution in [3.63, 3.8) is 0 Å². The molecule has 2 rings (SSSR count). The minimum absolute atomic E-state index is 0.532. The van der Waals surface area contributed by atoms with Gasteiger partial charge in [-0.1, -0.05) is 17.8 Å². The molecule has 0 aliphatic rings. The third-order valence-corrected chi connectivity index (χ3v) is 2.80. The standard InChI is InChI=1S/C8H10N6S/c1-14-8(11-12-13-14)15-5-6-3-2-4-7(9)10-6/h2-4H,5H2,1H3,(H2,9,10). The van der Waals surface area contributed by atoms with Crippen LogP contribution in [0.2, 0.25) is 0 Å². The van der Waals surface area contributed by atoms with Gasteiger partial charge in [-0.3, -0.25) is 0 Å². The van der Waals surface area contributed by atoms with E-state index in [1.165, 1.54) is 11.8 Å². The smallest absolute Gasteiger partial charge is 0.209 e. The van der Waals surface area contributed by atoms with Gasteiger partial charge in [0.05, 0.1) is 5.69 Å². The lowest BCUT2D eigenvalue weighted by molar-refractivity contribution is 0.664. The molecule has 2 N–H and O–H groups in total. The molecule has 2 heterocycles. The van der Waals surface area contributed by atoms with Crippen molar-refractivity contribution in [3.05, 3.63) is 23.9 Å². The van der Waals surface area contributed by atoms with Crippen LogP contribution in [0.5, 0.6) is 0 Å². The van der Waals surface area contributed by atoms with Crippen LogP contribution in [0.1, 0.15) is 5.69 Å². The largest absolute Gasteiger partial charge is 0.384 e. The van der Waals surface area contributed by atoms with E-state index in [4.69, 9.17) is 5.73 Å². The average Bonchev–Trinajstić information content (AvgIpc) is 2.61. The fraction of sp³-hybridized carbons (Fsp3) is 0.250. The SMILES string of the molecule is Cn1nnnc1SCc1cccc(N)n1. The van der Waals surface area contributed by atoms with Gasteiger partial charge in [-0.15, -0.1) is 5.10 Å². The van der Waals surface area contributed by atoms with Gasteiger partial charge >= 0.3 is 0 Å². The molecule has 2 aromatic heterocycles. The summed E-state index contributed by atoms with van der Waals surface area (Å²) in [6.07, 6.45) is 0. The summed E-state index contributed by atoms with van der Waals surface area (Å²) < 4.78 is 1.62. The molecule has 0 radical (unpaired) electrons. The van der Waals surface area contributed by atoms with Crippen molar-refractivity contribution in [2.24, 2.45) is 7.05 Å². The number of tetrazole rings is 1. The van der Waals surface area contributed by atoms with Crippen molar-refractivity contribution in [3.8, 4) is 0 Å². The number of rotatable bonds is 3. The minimum atomic E-state index is 0.532. The third-order valence-electron chi connectivity index (χ3n) is 1.76. The number of hydrogen-bond acceptors (Lipinski definition) is 6. The molecule has 0 amide bonds. The molecular formula is C8H10N6S. The Morgan fingerprint density at radius 3 is 3.00 bits per heavy atom. The first-order chi connectivity index (χ1) is 7.25. The first kappa shape index (κ1) is 9.91. The van der Waals surface area contributed by atoms with E-state index < -0.39 is 0 Å². The van der Waals surface area contributed by atoms with Crippen LogP contribution in [0.4, 0.5) is 5.82 Å². The van der Waals surface area contributed by atoms with Crippen molar-refractivity contribution in [1.82, 2.24) is 25.2 Å². The molecule has 0 aromatic carbocycles. The summed E-state index contributed by atoms with van der Waals surface area (Å²) in [6.45, 7) is 0. The maximum Gasteiger partial charge on any atom is 0.209 e. The number of aryl methyl sites for hydroxylation is 1. The summed E-state index contributed by atoms with van der Waals surface area (Å²) in [5.74, 6) is 1.24. The number of hydrogen-bond donors (Lipinski definition) is 1. The lowest BCUT2D eigenvalue weighted by atomic mass is 10.4. The normalized spacial score (nSPS) is 10.5. The Balaban J connectivity index is 2.02. The highest BCUT2D eigenvalue weighted by Gasteiger charge is 2.03. The molecule has 0 aliphatic carbocycles. The minimum Gasteiger partial charge on any atom is -0.384 e. The quantitative estimate of drug-likeness (QED) is 0.760. The third kappa shape index (κ3) is 2.44. The van der Waals surface area contributed by atoms with Gasteiger partial charge in [0.1, 0.15) is 5.82 Å². The number of thioether (sulfide) groups is 1. The summed E-state index contributed by atoms with van der Waals surface area (Å²) in [7, 11) is 1.80. The number of anilines is 1. The van der Waals surface area contributed by atoms with Crippen LogP contribution in [-0.4, -0.2) is 25.2 Å². The average molecular weight is 222 g/mol. The van der Waals surface area contributed by atoms with Crippen molar-refractivity contribution >= 4 is 17.6 Å². The Labute approximate surface area is 90.9 Å². The van der Waals surface area contributed by atoms with Crippen LogP contribution >= 0.6 is 11.8 Å². The predicted octanol–water partition coefficient (Wildman–Crippen LogP) is 0.480. The van der Waals surface area contributed by atoms with Crippen LogP contribution < -0.4 is 5.73 Å². The second-order valence-electron chi connectivity index (χ2n) is 2.93. The van der Waals surface area contributed by atoms with Crippen LogP contribution in [-0.2, 0) is 12.8 Å². The van der Waals surface area contributed by atoms with E-state index in [-0.39, 0.29) is 0 Å². The second-order valence-corrected chi connectivity index (χ2v) is 3.87. The molecule has 0 aliphatic heterocycles. The summed E-state index contributed by atoms with van der Waals surface area (Å²) >= 11 is 1.52. The number of aromatic nitrogens is 5. The fourth-order valence-electron chi connectivity index (χ4n) is 1.06. The Bertz CT molecular complexity index is 454. The zero-order valence-corrected chi connectivity index (χ0v) is 8.98. The zero-order chi connectivity index (χ0) is 10.7. The predicted molar refractivity (Wildman–Crippen MR) is 57.0 cm³/mol. The van der Waals surface area contributed by atoms with Gasteiger partial charge in [0.25, 0.3) is 0 Å². The second kappa shape index (κ2) is 4.26. The van der Waals surface area contributed by atoms with Crippen LogP contribution in [0, 0.1) is 0 Å². The Morgan fingerprint density at radius 2 is 2.33 bits per heavy atom. The Morgan fingerprint density at radius 1 is 1.47 bits per heavy atom. The highest BCUT2D eigenvalue weighted by Crippen LogP contribution is 2.18. The van der Waals surface area contributed by atoms with Crippen molar-refractivity contribution in [2.45, 2.75) is 10.9 Å².